The summed E-state index contributed by atoms with van der Waals surface area (Å²) in [6.45, 7) is 5.31. The van der Waals surface area contributed by atoms with Crippen molar-refractivity contribution in [1.29, 1.82) is 0 Å². The lowest BCUT2D eigenvalue weighted by atomic mass is 10.2. The molecule has 4 nitrogen and oxygen atoms in total. The van der Waals surface area contributed by atoms with E-state index in [1.807, 2.05) is 7.05 Å². The van der Waals surface area contributed by atoms with Gasteiger partial charge in [-0.05, 0) is 5.92 Å². The van der Waals surface area contributed by atoms with Crippen molar-refractivity contribution >= 4 is 11.6 Å². The third-order valence-corrected chi connectivity index (χ3v) is 1.69. The molecule has 1 heterocycles. The van der Waals surface area contributed by atoms with E-state index >= 15 is 0 Å². The van der Waals surface area contributed by atoms with Gasteiger partial charge in [-0.15, -0.1) is 0 Å². The molecule has 0 aliphatic rings. The van der Waals surface area contributed by atoms with Gasteiger partial charge in [0.15, 0.2) is 0 Å². The first-order valence-corrected chi connectivity index (χ1v) is 4.38. The van der Waals surface area contributed by atoms with E-state index in [2.05, 4.69) is 28.7 Å². The van der Waals surface area contributed by atoms with Gasteiger partial charge in [-0.1, -0.05) is 13.8 Å². The minimum Gasteiger partial charge on any atom is -0.382 e. The summed E-state index contributed by atoms with van der Waals surface area (Å²) in [5.74, 6) is 1.94. The molecule has 0 fully saturated rings. The van der Waals surface area contributed by atoms with Crippen molar-refractivity contribution in [2.45, 2.75) is 13.8 Å². The van der Waals surface area contributed by atoms with Gasteiger partial charge in [-0.2, -0.15) is 0 Å². The van der Waals surface area contributed by atoms with Crippen LogP contribution in [0.4, 0.5) is 11.6 Å². The molecule has 72 valence electrons. The zero-order chi connectivity index (χ0) is 9.84. The number of rotatable bonds is 3. The Bertz CT molecular complexity index is 255. The van der Waals surface area contributed by atoms with Crippen LogP contribution in [0.5, 0.6) is 0 Å². The van der Waals surface area contributed by atoms with E-state index in [4.69, 9.17) is 5.73 Å². The Morgan fingerprint density at radius 1 is 1.38 bits per heavy atom. The molecule has 4 heteroatoms. The third-order valence-electron chi connectivity index (χ3n) is 1.69. The Morgan fingerprint density at radius 2 is 2.08 bits per heavy atom. The highest BCUT2D eigenvalue weighted by Crippen LogP contribution is 2.09. The number of hydrogen-bond acceptors (Lipinski definition) is 4. The highest BCUT2D eigenvalue weighted by Gasteiger charge is 2.04. The van der Waals surface area contributed by atoms with E-state index in [0.29, 0.717) is 11.7 Å². The van der Waals surface area contributed by atoms with Crippen LogP contribution in [0.2, 0.25) is 0 Å². The van der Waals surface area contributed by atoms with Crippen LogP contribution in [0.15, 0.2) is 12.4 Å². The molecule has 0 amide bonds. The summed E-state index contributed by atoms with van der Waals surface area (Å²) in [6.07, 6.45) is 3.27. The molecule has 1 aromatic heterocycles. The molecule has 2 N–H and O–H groups in total. The molecule has 0 saturated carbocycles. The minimum absolute atomic E-state index is 0.460. The smallest absolute Gasteiger partial charge is 0.146 e. The predicted octanol–water partition coefficient (Wildman–Crippen LogP) is 1.15. The third kappa shape index (κ3) is 2.89. The molecule has 0 bridgehead atoms. The predicted molar refractivity (Wildman–Crippen MR) is 54.6 cm³/mol. The number of anilines is 2. The van der Waals surface area contributed by atoms with Crippen molar-refractivity contribution in [2.75, 3.05) is 24.2 Å². The summed E-state index contributed by atoms with van der Waals surface area (Å²) in [4.78, 5) is 10.2. The average Bonchev–Trinajstić information content (AvgIpc) is 2.04. The molecule has 0 saturated heterocycles. The van der Waals surface area contributed by atoms with E-state index in [1.165, 1.54) is 0 Å². The molecule has 0 unspecified atom stereocenters. The van der Waals surface area contributed by atoms with Crippen LogP contribution in [-0.2, 0) is 0 Å². The molecule has 0 aliphatic carbocycles. The van der Waals surface area contributed by atoms with Gasteiger partial charge in [0.05, 0.1) is 12.4 Å². The van der Waals surface area contributed by atoms with Crippen LogP contribution >= 0.6 is 0 Å². The van der Waals surface area contributed by atoms with Gasteiger partial charge in [0.2, 0.25) is 0 Å². The van der Waals surface area contributed by atoms with Gasteiger partial charge in [0.25, 0.3) is 0 Å². The largest absolute Gasteiger partial charge is 0.382 e. The number of nitrogen functional groups attached to an aromatic ring is 1. The van der Waals surface area contributed by atoms with Gasteiger partial charge < -0.3 is 10.6 Å². The van der Waals surface area contributed by atoms with Gasteiger partial charge in [0.1, 0.15) is 11.6 Å². The Labute approximate surface area is 78.8 Å². The van der Waals surface area contributed by atoms with Gasteiger partial charge in [-0.25, -0.2) is 9.97 Å². The second kappa shape index (κ2) is 4.07. The molecule has 0 aromatic carbocycles. The molecule has 1 rings (SSSR count). The molecule has 0 atom stereocenters. The zero-order valence-electron chi connectivity index (χ0n) is 8.36. The van der Waals surface area contributed by atoms with Gasteiger partial charge in [-0.3, -0.25) is 0 Å². The van der Waals surface area contributed by atoms with Crippen LogP contribution in [0, 0.1) is 5.92 Å². The summed E-state index contributed by atoms with van der Waals surface area (Å²) >= 11 is 0. The fourth-order valence-corrected chi connectivity index (χ4v) is 1.17. The molecule has 0 aliphatic heterocycles. The average molecular weight is 180 g/mol. The summed E-state index contributed by atoms with van der Waals surface area (Å²) < 4.78 is 0. The van der Waals surface area contributed by atoms with E-state index < -0.39 is 0 Å². The first kappa shape index (κ1) is 9.77. The monoisotopic (exact) mass is 180 g/mol. The zero-order valence-corrected chi connectivity index (χ0v) is 8.36. The fourth-order valence-electron chi connectivity index (χ4n) is 1.17. The second-order valence-electron chi connectivity index (χ2n) is 3.57. The maximum Gasteiger partial charge on any atom is 0.146 e. The lowest BCUT2D eigenvalue weighted by Crippen LogP contribution is -2.23. The maximum absolute atomic E-state index is 5.44. The summed E-state index contributed by atoms with van der Waals surface area (Å²) in [7, 11) is 2.00. The van der Waals surface area contributed by atoms with Crippen molar-refractivity contribution in [1.82, 2.24) is 9.97 Å². The molecule has 0 radical (unpaired) electrons. The van der Waals surface area contributed by atoms with Crippen molar-refractivity contribution in [3.8, 4) is 0 Å². The van der Waals surface area contributed by atoms with Gasteiger partial charge >= 0.3 is 0 Å². The van der Waals surface area contributed by atoms with E-state index in [0.717, 1.165) is 12.4 Å². The van der Waals surface area contributed by atoms with Crippen LogP contribution in [0.1, 0.15) is 13.8 Å². The lowest BCUT2D eigenvalue weighted by Gasteiger charge is -2.19. The molecular formula is C9H16N4. The van der Waals surface area contributed by atoms with E-state index in [-0.39, 0.29) is 0 Å². The number of nitrogens with two attached hydrogens (primary N) is 1. The van der Waals surface area contributed by atoms with Gasteiger partial charge in [0, 0.05) is 13.6 Å². The minimum atomic E-state index is 0.460. The highest BCUT2D eigenvalue weighted by atomic mass is 15.2. The summed E-state index contributed by atoms with van der Waals surface area (Å²) in [5, 5.41) is 0. The molecular weight excluding hydrogens is 164 g/mol. The first-order chi connectivity index (χ1) is 6.09. The van der Waals surface area contributed by atoms with Crippen molar-refractivity contribution in [3.05, 3.63) is 12.4 Å². The molecule has 0 spiro atoms. The quantitative estimate of drug-likeness (QED) is 0.758. The summed E-state index contributed by atoms with van der Waals surface area (Å²) in [6, 6.07) is 0. The van der Waals surface area contributed by atoms with E-state index in [1.54, 1.807) is 12.4 Å². The Kier molecular flexibility index (Phi) is 3.06. The normalized spacial score (nSPS) is 10.5. The van der Waals surface area contributed by atoms with Crippen LogP contribution in [0.25, 0.3) is 0 Å². The topological polar surface area (TPSA) is 55.0 Å². The van der Waals surface area contributed by atoms with Crippen LogP contribution in [0.3, 0.4) is 0 Å². The Morgan fingerprint density at radius 3 is 2.54 bits per heavy atom. The van der Waals surface area contributed by atoms with E-state index in [9.17, 15) is 0 Å². The number of nitrogens with zero attached hydrogens (tertiary/aromatic N) is 3. The number of hydrogen-bond donors (Lipinski definition) is 1. The van der Waals surface area contributed by atoms with Crippen molar-refractivity contribution in [3.63, 3.8) is 0 Å². The van der Waals surface area contributed by atoms with Crippen molar-refractivity contribution in [2.24, 2.45) is 5.92 Å². The molecule has 13 heavy (non-hydrogen) atoms. The fraction of sp³-hybridized carbons (Fsp3) is 0.556. The Hall–Kier alpha value is -1.32. The van der Waals surface area contributed by atoms with Crippen molar-refractivity contribution < 1.29 is 0 Å². The number of aromatic nitrogens is 2. The molecule has 1 aromatic rings. The SMILES string of the molecule is CC(C)CN(C)c1cnc(N)cn1. The summed E-state index contributed by atoms with van der Waals surface area (Å²) in [5.41, 5.74) is 5.44. The first-order valence-electron chi connectivity index (χ1n) is 4.38. The second-order valence-corrected chi connectivity index (χ2v) is 3.57. The Balaban J connectivity index is 2.66. The standard InChI is InChI=1S/C9H16N4/c1-7(2)6-13(3)9-5-11-8(10)4-12-9/h4-5,7H,6H2,1-3H3,(H2,10,11). The maximum atomic E-state index is 5.44. The van der Waals surface area contributed by atoms with Crippen LogP contribution < -0.4 is 10.6 Å². The highest BCUT2D eigenvalue weighted by molar-refractivity contribution is 5.38. The lowest BCUT2D eigenvalue weighted by molar-refractivity contribution is 0.634. The van der Waals surface area contributed by atoms with Crippen LogP contribution in [-0.4, -0.2) is 23.6 Å².